The predicted molar refractivity (Wildman–Crippen MR) is 89.2 cm³/mol. The highest BCUT2D eigenvalue weighted by Gasteiger charge is 2.37. The van der Waals surface area contributed by atoms with Crippen LogP contribution in [-0.4, -0.2) is 43.1 Å². The number of benzene rings is 1. The number of rotatable bonds is 4. The molecule has 2 saturated heterocycles. The second-order valence-electron chi connectivity index (χ2n) is 6.24. The Kier molecular flexibility index (Phi) is 5.84. The predicted octanol–water partition coefficient (Wildman–Crippen LogP) is 2.54. The summed E-state index contributed by atoms with van der Waals surface area (Å²) in [6.07, 6.45) is 4.11. The van der Waals surface area contributed by atoms with Crippen LogP contribution in [-0.2, 0) is 9.53 Å². The minimum absolute atomic E-state index is 0. The lowest BCUT2D eigenvalue weighted by Gasteiger charge is -2.37. The Morgan fingerprint density at radius 3 is 2.36 bits per heavy atom. The van der Waals surface area contributed by atoms with Gasteiger partial charge in [-0.15, -0.1) is 12.4 Å². The molecule has 3 unspecified atom stereocenters. The average Bonchev–Trinajstić information content (AvgIpc) is 2.86. The zero-order chi connectivity index (χ0) is 14.8. The topological polar surface area (TPSA) is 41.6 Å². The highest BCUT2D eigenvalue weighted by Crippen LogP contribution is 2.30. The smallest absolute Gasteiger partial charge is 0.256 e. The molecular formula is C17H25ClN2O2. The van der Waals surface area contributed by atoms with Crippen LogP contribution < -0.4 is 5.32 Å². The summed E-state index contributed by atoms with van der Waals surface area (Å²) in [5.74, 6) is 0.0648. The first-order valence-electron chi connectivity index (χ1n) is 7.79. The third kappa shape index (κ3) is 3.45. The first-order valence-corrected chi connectivity index (χ1v) is 7.79. The van der Waals surface area contributed by atoms with Crippen molar-refractivity contribution in [1.29, 1.82) is 0 Å². The van der Waals surface area contributed by atoms with Gasteiger partial charge in [0.25, 0.3) is 5.91 Å². The molecule has 2 aliphatic heterocycles. The second kappa shape index (κ2) is 7.44. The minimum Gasteiger partial charge on any atom is -0.367 e. The van der Waals surface area contributed by atoms with E-state index in [0.29, 0.717) is 18.1 Å². The van der Waals surface area contributed by atoms with E-state index in [4.69, 9.17) is 4.74 Å². The van der Waals surface area contributed by atoms with Gasteiger partial charge in [-0.25, -0.2) is 0 Å². The van der Waals surface area contributed by atoms with Crippen LogP contribution in [0.4, 0.5) is 0 Å². The maximum Gasteiger partial charge on any atom is 0.256 e. The second-order valence-corrected chi connectivity index (χ2v) is 6.24. The molecule has 2 heterocycles. The van der Waals surface area contributed by atoms with Crippen LogP contribution in [0.15, 0.2) is 30.3 Å². The molecular weight excluding hydrogens is 300 g/mol. The van der Waals surface area contributed by atoms with Gasteiger partial charge in [-0.1, -0.05) is 30.3 Å². The van der Waals surface area contributed by atoms with E-state index in [9.17, 15) is 4.79 Å². The number of halogens is 1. The number of carbonyl (C=O) groups excluding carboxylic acids is 1. The molecule has 0 radical (unpaired) electrons. The summed E-state index contributed by atoms with van der Waals surface area (Å²) in [5.41, 5.74) is 0.925. The SMILES string of the molecule is COC(C(=O)N(C)C1CC2CCC(C1)N2)c1ccccc1.Cl. The summed E-state index contributed by atoms with van der Waals surface area (Å²) >= 11 is 0. The lowest BCUT2D eigenvalue weighted by Crippen LogP contribution is -2.49. The lowest BCUT2D eigenvalue weighted by molar-refractivity contribution is -0.144. The molecule has 1 aromatic rings. The Balaban J connectivity index is 0.00000176. The van der Waals surface area contributed by atoms with Gasteiger partial charge in [0.15, 0.2) is 6.10 Å². The number of hydrogen-bond acceptors (Lipinski definition) is 3. The number of ether oxygens (including phenoxy) is 1. The maximum absolute atomic E-state index is 12.8. The third-order valence-corrected chi connectivity index (χ3v) is 4.91. The third-order valence-electron chi connectivity index (χ3n) is 4.91. The van der Waals surface area contributed by atoms with Gasteiger partial charge < -0.3 is 15.0 Å². The summed E-state index contributed by atoms with van der Waals surface area (Å²) in [6, 6.07) is 11.2. The van der Waals surface area contributed by atoms with Crippen LogP contribution in [0.3, 0.4) is 0 Å². The number of nitrogens with zero attached hydrogens (tertiary/aromatic N) is 1. The summed E-state index contributed by atoms with van der Waals surface area (Å²) < 4.78 is 5.47. The van der Waals surface area contributed by atoms with Crippen molar-refractivity contribution >= 4 is 18.3 Å². The molecule has 3 atom stereocenters. The molecule has 2 aliphatic rings. The van der Waals surface area contributed by atoms with Crippen molar-refractivity contribution in [2.45, 2.75) is 49.9 Å². The maximum atomic E-state index is 12.8. The van der Waals surface area contributed by atoms with E-state index < -0.39 is 6.10 Å². The van der Waals surface area contributed by atoms with E-state index in [-0.39, 0.29) is 18.3 Å². The number of methoxy groups -OCH3 is 1. The quantitative estimate of drug-likeness (QED) is 0.925. The van der Waals surface area contributed by atoms with Crippen molar-refractivity contribution in [3.63, 3.8) is 0 Å². The highest BCUT2D eigenvalue weighted by molar-refractivity contribution is 5.85. The molecule has 22 heavy (non-hydrogen) atoms. The Labute approximate surface area is 138 Å². The average molecular weight is 325 g/mol. The number of fused-ring (bicyclic) bond motifs is 2. The van der Waals surface area contributed by atoms with Crippen LogP contribution in [0.25, 0.3) is 0 Å². The van der Waals surface area contributed by atoms with E-state index in [2.05, 4.69) is 5.32 Å². The highest BCUT2D eigenvalue weighted by atomic mass is 35.5. The van der Waals surface area contributed by atoms with Crippen molar-refractivity contribution in [2.24, 2.45) is 0 Å². The van der Waals surface area contributed by atoms with Crippen LogP contribution >= 0.6 is 12.4 Å². The first-order chi connectivity index (χ1) is 10.2. The number of amides is 1. The summed E-state index contributed by atoms with van der Waals surface area (Å²) in [4.78, 5) is 14.7. The normalized spacial score (nSPS) is 27.8. The lowest BCUT2D eigenvalue weighted by atomic mass is 9.97. The fourth-order valence-corrected chi connectivity index (χ4v) is 3.72. The van der Waals surface area contributed by atoms with Crippen molar-refractivity contribution in [3.05, 3.63) is 35.9 Å². The molecule has 0 aliphatic carbocycles. The number of carbonyl (C=O) groups is 1. The molecule has 2 bridgehead atoms. The van der Waals surface area contributed by atoms with Crippen LogP contribution in [0.1, 0.15) is 37.4 Å². The molecule has 0 aromatic heterocycles. The van der Waals surface area contributed by atoms with Gasteiger partial charge in [0.05, 0.1) is 0 Å². The zero-order valence-electron chi connectivity index (χ0n) is 13.2. The Morgan fingerprint density at radius 1 is 1.23 bits per heavy atom. The Hall–Kier alpha value is -1.10. The molecule has 3 rings (SSSR count). The van der Waals surface area contributed by atoms with Crippen molar-refractivity contribution in [3.8, 4) is 0 Å². The van der Waals surface area contributed by atoms with Crippen LogP contribution in [0, 0.1) is 0 Å². The van der Waals surface area contributed by atoms with Gasteiger partial charge in [0.1, 0.15) is 0 Å². The molecule has 1 amide bonds. The van der Waals surface area contributed by atoms with E-state index in [1.807, 2.05) is 42.3 Å². The molecule has 2 fully saturated rings. The van der Waals surface area contributed by atoms with Crippen molar-refractivity contribution in [1.82, 2.24) is 10.2 Å². The molecule has 1 aromatic carbocycles. The van der Waals surface area contributed by atoms with Gasteiger partial charge in [-0.3, -0.25) is 4.79 Å². The van der Waals surface area contributed by atoms with Crippen LogP contribution in [0.5, 0.6) is 0 Å². The number of hydrogen-bond donors (Lipinski definition) is 1. The van der Waals surface area contributed by atoms with Gasteiger partial charge >= 0.3 is 0 Å². The summed E-state index contributed by atoms with van der Waals surface area (Å²) in [6.45, 7) is 0. The summed E-state index contributed by atoms with van der Waals surface area (Å²) in [5, 5.41) is 3.62. The Bertz CT molecular complexity index is 485. The van der Waals surface area contributed by atoms with E-state index in [0.717, 1.165) is 18.4 Å². The number of nitrogens with one attached hydrogen (secondary N) is 1. The zero-order valence-corrected chi connectivity index (χ0v) is 14.0. The van der Waals surface area contributed by atoms with Gasteiger partial charge in [-0.05, 0) is 31.2 Å². The van der Waals surface area contributed by atoms with Crippen molar-refractivity contribution in [2.75, 3.05) is 14.2 Å². The molecule has 0 saturated carbocycles. The Morgan fingerprint density at radius 2 is 1.82 bits per heavy atom. The van der Waals surface area contributed by atoms with Gasteiger partial charge in [0.2, 0.25) is 0 Å². The van der Waals surface area contributed by atoms with Crippen LogP contribution in [0.2, 0.25) is 0 Å². The fourth-order valence-electron chi connectivity index (χ4n) is 3.72. The molecule has 122 valence electrons. The van der Waals surface area contributed by atoms with Crippen molar-refractivity contribution < 1.29 is 9.53 Å². The van der Waals surface area contributed by atoms with Gasteiger partial charge in [-0.2, -0.15) is 0 Å². The standard InChI is InChI=1S/C17H24N2O2.ClH/c1-19(15-10-13-8-9-14(11-15)18-13)17(20)16(21-2)12-6-4-3-5-7-12;/h3-7,13-16,18H,8-11H2,1-2H3;1H. The molecule has 1 N–H and O–H groups in total. The monoisotopic (exact) mass is 324 g/mol. The summed E-state index contributed by atoms with van der Waals surface area (Å²) in [7, 11) is 3.53. The number of likely N-dealkylation sites (N-methyl/N-ethyl adjacent to an activating group) is 1. The molecule has 5 heteroatoms. The fraction of sp³-hybridized carbons (Fsp3) is 0.588. The minimum atomic E-state index is -0.497. The largest absolute Gasteiger partial charge is 0.367 e. The van der Waals surface area contributed by atoms with E-state index in [1.54, 1.807) is 7.11 Å². The molecule has 0 spiro atoms. The van der Waals surface area contributed by atoms with Gasteiger partial charge in [0, 0.05) is 32.3 Å². The van der Waals surface area contributed by atoms with E-state index >= 15 is 0 Å². The first kappa shape index (κ1) is 17.3. The molecule has 4 nitrogen and oxygen atoms in total. The number of piperidine rings is 1. The van der Waals surface area contributed by atoms with E-state index in [1.165, 1.54) is 12.8 Å².